The minimum atomic E-state index is -2.11. The van der Waals surface area contributed by atoms with Crippen LogP contribution in [0.3, 0.4) is 0 Å². The lowest BCUT2D eigenvalue weighted by atomic mass is 10.4. The van der Waals surface area contributed by atoms with E-state index in [4.69, 9.17) is 0 Å². The molecule has 0 radical (unpaired) electrons. The van der Waals surface area contributed by atoms with E-state index in [1.54, 1.807) is 0 Å². The van der Waals surface area contributed by atoms with E-state index in [2.05, 4.69) is 0 Å². The highest BCUT2D eigenvalue weighted by atomic mass is 31.2. The van der Waals surface area contributed by atoms with Crippen molar-refractivity contribution in [3.8, 4) is 0 Å². The summed E-state index contributed by atoms with van der Waals surface area (Å²) in [5.41, 5.74) is 0. The maximum absolute atomic E-state index is 12.1. The summed E-state index contributed by atoms with van der Waals surface area (Å²) in [6.45, 7) is 3.96. The largest absolute Gasteiger partial charge is 0.289 e. The molecule has 1 saturated heterocycles. The molecule has 1 heterocycles. The van der Waals surface area contributed by atoms with Gasteiger partial charge in [-0.3, -0.25) is 4.57 Å². The van der Waals surface area contributed by atoms with Gasteiger partial charge < -0.3 is 0 Å². The van der Waals surface area contributed by atoms with Crippen LogP contribution in [0.25, 0.3) is 0 Å². The van der Waals surface area contributed by atoms with Crippen molar-refractivity contribution in [1.29, 1.82) is 0 Å². The number of hydrogen-bond acceptors (Lipinski definition) is 1. The van der Waals surface area contributed by atoms with Crippen molar-refractivity contribution in [2.75, 3.05) is 33.3 Å². The predicted molar refractivity (Wildman–Crippen MR) is 48.0 cm³/mol. The van der Waals surface area contributed by atoms with Crippen molar-refractivity contribution in [3.05, 3.63) is 0 Å². The van der Waals surface area contributed by atoms with Crippen LogP contribution in [0.15, 0.2) is 0 Å². The summed E-state index contributed by atoms with van der Waals surface area (Å²) in [5, 5.41) is 0. The van der Waals surface area contributed by atoms with Gasteiger partial charge in [0.05, 0.1) is 0 Å². The van der Waals surface area contributed by atoms with Crippen LogP contribution in [-0.4, -0.2) is 42.7 Å². The molecule has 0 aliphatic carbocycles. The smallest absolute Gasteiger partial charge is 0.215 e. The van der Waals surface area contributed by atoms with Crippen LogP contribution >= 0.6 is 7.44 Å². The van der Waals surface area contributed by atoms with Gasteiger partial charge in [0.2, 0.25) is 7.44 Å². The van der Waals surface area contributed by atoms with E-state index < -0.39 is 7.44 Å². The molecule has 0 aromatic rings. The average molecular weight is 176 g/mol. The van der Waals surface area contributed by atoms with E-state index in [1.807, 2.05) is 30.4 Å². The highest BCUT2D eigenvalue weighted by molar-refractivity contribution is 7.59. The Hall–Kier alpha value is 0.150. The fraction of sp³-hybridized carbons (Fsp3) is 1.00. The van der Waals surface area contributed by atoms with E-state index >= 15 is 0 Å². The molecule has 0 amide bonds. The Morgan fingerprint density at radius 1 is 1.27 bits per heavy atom. The van der Waals surface area contributed by atoms with Gasteiger partial charge in [-0.2, -0.15) is 0 Å². The first-order chi connectivity index (χ1) is 5.11. The molecule has 11 heavy (non-hydrogen) atoms. The Morgan fingerprint density at radius 3 is 2.00 bits per heavy atom. The fourth-order valence-corrected chi connectivity index (χ4v) is 3.98. The van der Waals surface area contributed by atoms with Crippen LogP contribution in [-0.2, 0) is 4.57 Å². The van der Waals surface area contributed by atoms with Crippen molar-refractivity contribution < 1.29 is 4.57 Å². The molecule has 1 fully saturated rings. The number of nitrogens with zero attached hydrogens (tertiary/aromatic N) is 2. The van der Waals surface area contributed by atoms with Crippen LogP contribution < -0.4 is 0 Å². The van der Waals surface area contributed by atoms with Crippen molar-refractivity contribution >= 4 is 7.44 Å². The van der Waals surface area contributed by atoms with Crippen LogP contribution in [0.1, 0.15) is 13.3 Å². The lowest BCUT2D eigenvalue weighted by molar-refractivity contribution is 0.333. The first-order valence-corrected chi connectivity index (χ1v) is 5.93. The van der Waals surface area contributed by atoms with Gasteiger partial charge in [-0.05, 0) is 20.5 Å². The van der Waals surface area contributed by atoms with E-state index in [-0.39, 0.29) is 0 Å². The second-order valence-electron chi connectivity index (χ2n) is 3.10. The van der Waals surface area contributed by atoms with Crippen LogP contribution in [0, 0.1) is 0 Å². The zero-order valence-corrected chi connectivity index (χ0v) is 8.47. The third kappa shape index (κ3) is 1.51. The molecular formula is C7H17N2OP. The second-order valence-corrected chi connectivity index (χ2v) is 6.42. The molecule has 0 saturated carbocycles. The van der Waals surface area contributed by atoms with E-state index in [0.29, 0.717) is 0 Å². The summed E-state index contributed by atoms with van der Waals surface area (Å²) in [6.07, 6.45) is 1.90. The van der Waals surface area contributed by atoms with Crippen molar-refractivity contribution in [1.82, 2.24) is 9.34 Å². The van der Waals surface area contributed by atoms with Gasteiger partial charge in [0.1, 0.15) is 0 Å². The van der Waals surface area contributed by atoms with Gasteiger partial charge in [0.25, 0.3) is 0 Å². The summed E-state index contributed by atoms with van der Waals surface area (Å²) in [4.78, 5) is 0. The van der Waals surface area contributed by atoms with Gasteiger partial charge >= 0.3 is 0 Å². The highest BCUT2D eigenvalue weighted by Crippen LogP contribution is 2.52. The zero-order valence-electron chi connectivity index (χ0n) is 7.58. The quantitative estimate of drug-likeness (QED) is 0.565. The van der Waals surface area contributed by atoms with E-state index in [1.165, 1.54) is 0 Å². The van der Waals surface area contributed by atoms with E-state index in [0.717, 1.165) is 25.7 Å². The standard InChI is InChI=1S/C7H17N2OP/c1-4-11(10)8(2)6-5-7-9(11)3/h4-7H2,1-3H3. The molecule has 0 atom stereocenters. The van der Waals surface area contributed by atoms with Crippen LogP contribution in [0.4, 0.5) is 0 Å². The van der Waals surface area contributed by atoms with Gasteiger partial charge in [0.15, 0.2) is 0 Å². The second kappa shape index (κ2) is 3.26. The summed E-state index contributed by atoms with van der Waals surface area (Å²) in [7, 11) is 1.81. The van der Waals surface area contributed by atoms with Crippen LogP contribution in [0.2, 0.25) is 0 Å². The maximum atomic E-state index is 12.1. The van der Waals surface area contributed by atoms with Crippen molar-refractivity contribution in [2.24, 2.45) is 0 Å². The molecule has 0 aromatic heterocycles. The molecule has 0 unspecified atom stereocenters. The van der Waals surface area contributed by atoms with E-state index in [9.17, 15) is 4.57 Å². The lowest BCUT2D eigenvalue weighted by Crippen LogP contribution is -2.35. The Kier molecular flexibility index (Phi) is 2.74. The van der Waals surface area contributed by atoms with Crippen molar-refractivity contribution in [3.63, 3.8) is 0 Å². The minimum Gasteiger partial charge on any atom is -0.289 e. The maximum Gasteiger partial charge on any atom is 0.215 e. The molecule has 0 aromatic carbocycles. The average Bonchev–Trinajstić information content (AvgIpc) is 2.00. The molecule has 0 bridgehead atoms. The molecule has 0 spiro atoms. The molecule has 0 N–H and O–H groups in total. The minimum absolute atomic E-state index is 0.764. The van der Waals surface area contributed by atoms with Crippen LogP contribution in [0.5, 0.6) is 0 Å². The lowest BCUT2D eigenvalue weighted by Gasteiger charge is -2.39. The SMILES string of the molecule is CCP1(=O)N(C)CCCN1C. The monoisotopic (exact) mass is 176 g/mol. The molecule has 3 nitrogen and oxygen atoms in total. The molecule has 1 aliphatic rings. The Labute approximate surface area is 68.8 Å². The summed E-state index contributed by atoms with van der Waals surface area (Å²) >= 11 is 0. The normalized spacial score (nSPS) is 27.2. The molecule has 66 valence electrons. The Morgan fingerprint density at radius 2 is 1.73 bits per heavy atom. The first-order valence-electron chi connectivity index (χ1n) is 4.13. The Bertz CT molecular complexity index is 169. The molecular weight excluding hydrogens is 159 g/mol. The number of rotatable bonds is 1. The van der Waals surface area contributed by atoms with Gasteiger partial charge in [-0.15, -0.1) is 0 Å². The topological polar surface area (TPSA) is 23.6 Å². The fourth-order valence-electron chi connectivity index (χ4n) is 1.58. The third-order valence-electron chi connectivity index (χ3n) is 2.44. The highest BCUT2D eigenvalue weighted by Gasteiger charge is 2.33. The summed E-state index contributed by atoms with van der Waals surface area (Å²) in [5.74, 6) is 0. The summed E-state index contributed by atoms with van der Waals surface area (Å²) < 4.78 is 16.1. The van der Waals surface area contributed by atoms with Gasteiger partial charge in [0, 0.05) is 19.3 Å². The molecule has 1 rings (SSSR count). The predicted octanol–water partition coefficient (Wildman–Crippen LogP) is 1.47. The molecule has 1 aliphatic heterocycles. The van der Waals surface area contributed by atoms with Crippen molar-refractivity contribution in [2.45, 2.75) is 13.3 Å². The van der Waals surface area contributed by atoms with Gasteiger partial charge in [-0.25, -0.2) is 9.34 Å². The van der Waals surface area contributed by atoms with Gasteiger partial charge in [-0.1, -0.05) is 6.92 Å². The Balaban J connectivity index is 2.78. The molecule has 4 heteroatoms. The summed E-state index contributed by atoms with van der Waals surface area (Å²) in [6, 6.07) is 0. The zero-order chi connectivity index (χ0) is 8.48. The first kappa shape index (κ1) is 9.24. The third-order valence-corrected chi connectivity index (χ3v) is 5.80. The number of hydrogen-bond donors (Lipinski definition) is 0.